The number of aliphatic hydroxyl groups is 6. The highest BCUT2D eigenvalue weighted by Gasteiger charge is 2.52. The van der Waals surface area contributed by atoms with E-state index >= 15 is 0 Å². The van der Waals surface area contributed by atoms with Crippen LogP contribution in [0.3, 0.4) is 0 Å². The normalized spacial score (nSPS) is 41.7. The molecule has 1 saturated carbocycles. The molecule has 0 radical (unpaired) electrons. The van der Waals surface area contributed by atoms with Crippen molar-refractivity contribution in [1.29, 1.82) is 0 Å². The molecule has 2 fully saturated rings. The summed E-state index contributed by atoms with van der Waals surface area (Å²) in [6.07, 6.45) is -6.92. The molecule has 0 aromatic heterocycles. The molecule has 3 aliphatic rings. The molecule has 6 N–H and O–H groups in total. The summed E-state index contributed by atoms with van der Waals surface area (Å²) in [5.74, 6) is -1.71. The highest BCUT2D eigenvalue weighted by atomic mass is 16.7. The van der Waals surface area contributed by atoms with Crippen LogP contribution < -0.4 is 0 Å². The Labute approximate surface area is 186 Å². The minimum atomic E-state index is -1.56. The molecule has 3 rings (SSSR count). The Morgan fingerprint density at radius 1 is 1.09 bits per heavy atom. The first kappa shape index (κ1) is 25.3. The fourth-order valence-corrected chi connectivity index (χ4v) is 4.65. The highest BCUT2D eigenvalue weighted by Crippen LogP contribution is 2.47. The van der Waals surface area contributed by atoms with Crippen molar-refractivity contribution in [2.24, 2.45) is 23.7 Å². The molecule has 10 atom stereocenters. The van der Waals surface area contributed by atoms with Gasteiger partial charge in [0.2, 0.25) is 6.29 Å². The number of hydrogen-bond donors (Lipinski definition) is 6. The first-order valence-electron chi connectivity index (χ1n) is 10.9. The van der Waals surface area contributed by atoms with Gasteiger partial charge in [-0.1, -0.05) is 13.8 Å². The van der Waals surface area contributed by atoms with E-state index in [0.29, 0.717) is 12.0 Å². The number of hydrogen-bond acceptors (Lipinski definition) is 11. The van der Waals surface area contributed by atoms with Crippen molar-refractivity contribution in [2.45, 2.75) is 69.8 Å². The van der Waals surface area contributed by atoms with Crippen LogP contribution in [0.4, 0.5) is 0 Å². The fourth-order valence-electron chi connectivity index (χ4n) is 4.65. The summed E-state index contributed by atoms with van der Waals surface area (Å²) in [5, 5.41) is 59.5. The van der Waals surface area contributed by atoms with Crippen LogP contribution in [-0.2, 0) is 23.7 Å². The average molecular weight is 462 g/mol. The fraction of sp³-hybridized carbons (Fsp3) is 0.857. The molecule has 0 amide bonds. The number of fused-ring (bicyclic) bond motifs is 1. The number of ether oxygens (including phenoxy) is 4. The third-order valence-corrected chi connectivity index (χ3v) is 6.39. The molecule has 11 heteroatoms. The SMILES string of the molecule is CC(C)CC(=O)O[C@@H]1OC=C(CO[C@@H]2O[C@H](CO)[C@@H](O)[C@H](O)[C@H]2O)[C@H]2C[C@@H](O)[C@H](CO)[C@@H]12. The van der Waals surface area contributed by atoms with Gasteiger partial charge >= 0.3 is 5.97 Å². The van der Waals surface area contributed by atoms with Crippen LogP contribution in [0.1, 0.15) is 26.7 Å². The third kappa shape index (κ3) is 5.26. The topological polar surface area (TPSA) is 175 Å². The maximum absolute atomic E-state index is 12.2. The number of esters is 1. The predicted octanol–water partition coefficient (Wildman–Crippen LogP) is -1.76. The number of rotatable bonds is 8. The van der Waals surface area contributed by atoms with Crippen molar-refractivity contribution in [3.05, 3.63) is 11.8 Å². The lowest BCUT2D eigenvalue weighted by Gasteiger charge is -2.40. The van der Waals surface area contributed by atoms with Crippen LogP contribution in [0, 0.1) is 23.7 Å². The maximum Gasteiger partial charge on any atom is 0.309 e. The molecule has 0 bridgehead atoms. The van der Waals surface area contributed by atoms with Crippen LogP contribution >= 0.6 is 0 Å². The zero-order valence-electron chi connectivity index (χ0n) is 18.2. The van der Waals surface area contributed by atoms with E-state index in [9.17, 15) is 35.4 Å². The molecule has 1 aliphatic carbocycles. The zero-order chi connectivity index (χ0) is 23.6. The van der Waals surface area contributed by atoms with Crippen molar-refractivity contribution in [3.8, 4) is 0 Å². The summed E-state index contributed by atoms with van der Waals surface area (Å²) in [5.41, 5.74) is 0.595. The quantitative estimate of drug-likeness (QED) is 0.225. The summed E-state index contributed by atoms with van der Waals surface area (Å²) in [4.78, 5) is 12.2. The van der Waals surface area contributed by atoms with E-state index in [0.717, 1.165) is 0 Å². The van der Waals surface area contributed by atoms with Crippen molar-refractivity contribution in [1.82, 2.24) is 0 Å². The lowest BCUT2D eigenvalue weighted by molar-refractivity contribution is -0.299. The zero-order valence-corrected chi connectivity index (χ0v) is 18.2. The summed E-state index contributed by atoms with van der Waals surface area (Å²) >= 11 is 0. The van der Waals surface area contributed by atoms with Crippen molar-refractivity contribution in [2.75, 3.05) is 19.8 Å². The second-order valence-electron chi connectivity index (χ2n) is 9.13. The standard InChI is InChI=1S/C21H34O11/c1-9(2)3-15(25)32-20-16-11(4-13(24)12(16)5-22)10(7-29-20)8-30-21-19(28)18(27)17(26)14(6-23)31-21/h7,9,11-14,16-24,26-28H,3-6,8H2,1-2H3/t11-,12+,13-,14-,16+,17-,18+,19-,20+,21-/m1/s1. The molecular weight excluding hydrogens is 428 g/mol. The molecule has 2 aliphatic heterocycles. The summed E-state index contributed by atoms with van der Waals surface area (Å²) in [6.45, 7) is 2.77. The van der Waals surface area contributed by atoms with Gasteiger partial charge in [-0.05, 0) is 23.8 Å². The molecule has 0 spiro atoms. The summed E-state index contributed by atoms with van der Waals surface area (Å²) in [7, 11) is 0. The number of carbonyl (C=O) groups is 1. The van der Waals surface area contributed by atoms with E-state index in [-0.39, 0.29) is 31.5 Å². The van der Waals surface area contributed by atoms with Crippen LogP contribution in [-0.4, -0.2) is 99.5 Å². The van der Waals surface area contributed by atoms with E-state index in [4.69, 9.17) is 18.9 Å². The molecule has 1 saturated heterocycles. The monoisotopic (exact) mass is 462 g/mol. The Kier molecular flexibility index (Phi) is 8.50. The molecule has 0 aromatic rings. The van der Waals surface area contributed by atoms with Crippen molar-refractivity contribution < 1.29 is 54.4 Å². The van der Waals surface area contributed by atoms with Gasteiger partial charge < -0.3 is 49.6 Å². The highest BCUT2D eigenvalue weighted by molar-refractivity contribution is 5.69. The number of aliphatic hydroxyl groups excluding tert-OH is 6. The molecular formula is C21H34O11. The van der Waals surface area contributed by atoms with Gasteiger partial charge in [-0.3, -0.25) is 4.79 Å². The first-order valence-corrected chi connectivity index (χ1v) is 10.9. The third-order valence-electron chi connectivity index (χ3n) is 6.39. The molecule has 0 aromatic carbocycles. The smallest absolute Gasteiger partial charge is 0.309 e. The first-order chi connectivity index (χ1) is 15.2. The summed E-state index contributed by atoms with van der Waals surface area (Å²) in [6, 6.07) is 0. The minimum absolute atomic E-state index is 0.0998. The average Bonchev–Trinajstić information content (AvgIpc) is 3.08. The molecule has 184 valence electrons. The molecule has 11 nitrogen and oxygen atoms in total. The van der Waals surface area contributed by atoms with Crippen LogP contribution in [0.25, 0.3) is 0 Å². The van der Waals surface area contributed by atoms with Gasteiger partial charge in [0.05, 0.1) is 25.6 Å². The molecule has 32 heavy (non-hydrogen) atoms. The van der Waals surface area contributed by atoms with Crippen LogP contribution in [0.5, 0.6) is 0 Å². The Balaban J connectivity index is 1.70. The van der Waals surface area contributed by atoms with Crippen LogP contribution in [0.15, 0.2) is 11.8 Å². The van der Waals surface area contributed by atoms with E-state index in [2.05, 4.69) is 0 Å². The Hall–Kier alpha value is -1.31. The largest absolute Gasteiger partial charge is 0.462 e. The van der Waals surface area contributed by atoms with E-state index in [1.54, 1.807) is 0 Å². The van der Waals surface area contributed by atoms with Gasteiger partial charge in [-0.15, -0.1) is 0 Å². The minimum Gasteiger partial charge on any atom is -0.462 e. The lowest BCUT2D eigenvalue weighted by atomic mass is 9.83. The van der Waals surface area contributed by atoms with Crippen LogP contribution in [0.2, 0.25) is 0 Å². The van der Waals surface area contributed by atoms with Gasteiger partial charge in [0, 0.05) is 24.9 Å². The molecule has 2 heterocycles. The summed E-state index contributed by atoms with van der Waals surface area (Å²) < 4.78 is 22.1. The van der Waals surface area contributed by atoms with Crippen molar-refractivity contribution >= 4 is 5.97 Å². The van der Waals surface area contributed by atoms with Gasteiger partial charge in [-0.25, -0.2) is 0 Å². The lowest BCUT2D eigenvalue weighted by Crippen LogP contribution is -2.59. The Morgan fingerprint density at radius 2 is 1.81 bits per heavy atom. The predicted molar refractivity (Wildman–Crippen MR) is 106 cm³/mol. The van der Waals surface area contributed by atoms with E-state index < -0.39 is 67.5 Å². The molecule has 0 unspecified atom stereocenters. The van der Waals surface area contributed by atoms with Gasteiger partial charge in [0.15, 0.2) is 6.29 Å². The van der Waals surface area contributed by atoms with Gasteiger partial charge in [-0.2, -0.15) is 0 Å². The van der Waals surface area contributed by atoms with E-state index in [1.165, 1.54) is 6.26 Å². The Bertz CT molecular complexity index is 666. The van der Waals surface area contributed by atoms with Crippen molar-refractivity contribution in [3.63, 3.8) is 0 Å². The maximum atomic E-state index is 12.2. The Morgan fingerprint density at radius 3 is 2.44 bits per heavy atom. The van der Waals surface area contributed by atoms with Gasteiger partial charge in [0.1, 0.15) is 24.4 Å². The van der Waals surface area contributed by atoms with E-state index in [1.807, 2.05) is 13.8 Å². The second-order valence-corrected chi connectivity index (χ2v) is 9.13. The second kappa shape index (κ2) is 10.7. The van der Waals surface area contributed by atoms with Gasteiger partial charge in [0.25, 0.3) is 0 Å². The number of carbonyl (C=O) groups excluding carboxylic acids is 1.